The summed E-state index contributed by atoms with van der Waals surface area (Å²) in [5.41, 5.74) is 1.36. The van der Waals surface area contributed by atoms with Gasteiger partial charge < -0.3 is 5.32 Å². The van der Waals surface area contributed by atoms with Gasteiger partial charge in [-0.15, -0.1) is 0 Å². The summed E-state index contributed by atoms with van der Waals surface area (Å²) in [4.78, 5) is 19.4. The summed E-state index contributed by atoms with van der Waals surface area (Å²) < 4.78 is 12.7. The lowest BCUT2D eigenvalue weighted by molar-refractivity contribution is 0.0948. The summed E-state index contributed by atoms with van der Waals surface area (Å²) in [7, 11) is 0. The molecule has 0 radical (unpaired) electrons. The fraction of sp³-hybridized carbons (Fsp3) is 0.214. The maximum Gasteiger partial charge on any atom is 0.271 e. The number of carbonyl (C=O) groups excluding carboxylic acids is 1. The summed E-state index contributed by atoms with van der Waals surface area (Å²) in [6, 6.07) is 6.38. The van der Waals surface area contributed by atoms with Crippen LogP contribution in [0.1, 0.15) is 22.5 Å². The molecule has 5 heteroatoms. The molecule has 98 valence electrons. The number of carbonyl (C=O) groups is 1. The number of rotatable bonds is 5. The fourth-order valence-corrected chi connectivity index (χ4v) is 1.65. The van der Waals surface area contributed by atoms with Crippen molar-refractivity contribution in [1.82, 2.24) is 15.3 Å². The number of hydrogen-bond donors (Lipinski definition) is 1. The molecule has 1 aromatic heterocycles. The van der Waals surface area contributed by atoms with Gasteiger partial charge in [-0.05, 0) is 30.5 Å². The normalized spacial score (nSPS) is 10.2. The van der Waals surface area contributed by atoms with Crippen molar-refractivity contribution in [2.75, 3.05) is 6.54 Å². The largest absolute Gasteiger partial charge is 0.351 e. The maximum atomic E-state index is 12.7. The molecule has 0 saturated carbocycles. The number of aryl methyl sites for hydroxylation is 1. The lowest BCUT2D eigenvalue weighted by atomic mass is 10.1. The molecule has 0 saturated heterocycles. The van der Waals surface area contributed by atoms with Crippen LogP contribution in [0.15, 0.2) is 42.9 Å². The monoisotopic (exact) mass is 259 g/mol. The van der Waals surface area contributed by atoms with Crippen LogP contribution in [-0.4, -0.2) is 22.4 Å². The molecule has 1 N–H and O–H groups in total. The van der Waals surface area contributed by atoms with E-state index in [1.54, 1.807) is 12.1 Å². The van der Waals surface area contributed by atoms with Gasteiger partial charge in [-0.2, -0.15) is 0 Å². The molecule has 0 aliphatic rings. The van der Waals surface area contributed by atoms with Crippen LogP contribution in [0.25, 0.3) is 0 Å². The van der Waals surface area contributed by atoms with E-state index in [9.17, 15) is 9.18 Å². The number of hydrogen-bond acceptors (Lipinski definition) is 3. The number of nitrogens with zero attached hydrogens (tertiary/aromatic N) is 2. The van der Waals surface area contributed by atoms with Crippen molar-refractivity contribution in [3.63, 3.8) is 0 Å². The zero-order valence-electron chi connectivity index (χ0n) is 10.3. The van der Waals surface area contributed by atoms with Crippen LogP contribution in [0.3, 0.4) is 0 Å². The Kier molecular flexibility index (Phi) is 4.55. The molecule has 0 aliphatic heterocycles. The predicted molar refractivity (Wildman–Crippen MR) is 69.1 cm³/mol. The van der Waals surface area contributed by atoms with Gasteiger partial charge in [0, 0.05) is 18.9 Å². The van der Waals surface area contributed by atoms with E-state index >= 15 is 0 Å². The number of amides is 1. The highest BCUT2D eigenvalue weighted by Crippen LogP contribution is 2.04. The van der Waals surface area contributed by atoms with E-state index in [-0.39, 0.29) is 11.7 Å². The molecular weight excluding hydrogens is 245 g/mol. The first-order valence-corrected chi connectivity index (χ1v) is 6.04. The minimum absolute atomic E-state index is 0.229. The lowest BCUT2D eigenvalue weighted by Gasteiger charge is -2.04. The summed E-state index contributed by atoms with van der Waals surface area (Å²) in [5, 5.41) is 2.77. The molecule has 0 fully saturated rings. The third kappa shape index (κ3) is 4.13. The van der Waals surface area contributed by atoms with Gasteiger partial charge in [0.25, 0.3) is 5.91 Å². The Morgan fingerprint density at radius 1 is 1.21 bits per heavy atom. The van der Waals surface area contributed by atoms with Gasteiger partial charge in [0.15, 0.2) is 0 Å². The zero-order chi connectivity index (χ0) is 13.5. The second-order valence-electron chi connectivity index (χ2n) is 4.08. The minimum Gasteiger partial charge on any atom is -0.351 e. The number of halogens is 1. The summed E-state index contributed by atoms with van der Waals surface area (Å²) in [5.74, 6) is -0.466. The van der Waals surface area contributed by atoms with Gasteiger partial charge >= 0.3 is 0 Å². The van der Waals surface area contributed by atoms with Crippen LogP contribution in [0.4, 0.5) is 4.39 Å². The van der Waals surface area contributed by atoms with Crippen molar-refractivity contribution >= 4 is 5.91 Å². The van der Waals surface area contributed by atoms with Gasteiger partial charge in [-0.25, -0.2) is 9.37 Å². The molecular formula is C14H14FN3O. The molecule has 2 rings (SSSR count). The summed E-state index contributed by atoms with van der Waals surface area (Å²) in [6.45, 7) is 0.548. The zero-order valence-corrected chi connectivity index (χ0v) is 10.3. The number of aromatic nitrogens is 2. The van der Waals surface area contributed by atoms with Crippen LogP contribution in [0, 0.1) is 5.82 Å². The van der Waals surface area contributed by atoms with Crippen molar-refractivity contribution in [3.8, 4) is 0 Å². The van der Waals surface area contributed by atoms with Crippen molar-refractivity contribution in [3.05, 3.63) is 59.9 Å². The maximum absolute atomic E-state index is 12.7. The van der Waals surface area contributed by atoms with Crippen LogP contribution >= 0.6 is 0 Å². The average molecular weight is 259 g/mol. The van der Waals surface area contributed by atoms with Crippen molar-refractivity contribution in [2.24, 2.45) is 0 Å². The van der Waals surface area contributed by atoms with E-state index in [2.05, 4.69) is 15.3 Å². The van der Waals surface area contributed by atoms with Gasteiger partial charge in [0.1, 0.15) is 11.5 Å². The molecule has 1 heterocycles. The number of benzene rings is 1. The Morgan fingerprint density at radius 3 is 2.68 bits per heavy atom. The Bertz CT molecular complexity index is 528. The van der Waals surface area contributed by atoms with Gasteiger partial charge in [-0.1, -0.05) is 12.1 Å². The van der Waals surface area contributed by atoms with Crippen LogP contribution < -0.4 is 5.32 Å². The van der Waals surface area contributed by atoms with E-state index in [4.69, 9.17) is 0 Å². The standard InChI is InChI=1S/C14H14FN3O/c15-12-5-3-11(4-6-12)2-1-7-18-14(19)13-10-16-8-9-17-13/h3-6,8-10H,1-2,7H2,(H,18,19). The van der Waals surface area contributed by atoms with E-state index in [0.29, 0.717) is 12.2 Å². The van der Waals surface area contributed by atoms with Gasteiger partial charge in [0.05, 0.1) is 6.20 Å². The Morgan fingerprint density at radius 2 is 2.00 bits per heavy atom. The quantitative estimate of drug-likeness (QED) is 0.835. The third-order valence-electron chi connectivity index (χ3n) is 2.64. The summed E-state index contributed by atoms with van der Waals surface area (Å²) in [6.07, 6.45) is 6.01. The number of nitrogens with one attached hydrogen (secondary N) is 1. The molecule has 4 nitrogen and oxygen atoms in total. The Hall–Kier alpha value is -2.30. The van der Waals surface area contributed by atoms with Gasteiger partial charge in [0.2, 0.25) is 0 Å². The fourth-order valence-electron chi connectivity index (χ4n) is 1.65. The molecule has 0 unspecified atom stereocenters. The topological polar surface area (TPSA) is 54.9 Å². The smallest absolute Gasteiger partial charge is 0.271 e. The predicted octanol–water partition coefficient (Wildman–Crippen LogP) is 1.98. The molecule has 0 atom stereocenters. The first-order valence-electron chi connectivity index (χ1n) is 6.04. The molecule has 19 heavy (non-hydrogen) atoms. The molecule has 2 aromatic rings. The molecule has 0 bridgehead atoms. The lowest BCUT2D eigenvalue weighted by Crippen LogP contribution is -2.25. The Balaban J connectivity index is 1.72. The highest BCUT2D eigenvalue weighted by atomic mass is 19.1. The van der Waals surface area contributed by atoms with Crippen molar-refractivity contribution in [2.45, 2.75) is 12.8 Å². The first kappa shape index (κ1) is 13.1. The second-order valence-corrected chi connectivity index (χ2v) is 4.08. The molecule has 0 spiro atoms. The van der Waals surface area contributed by atoms with E-state index in [1.807, 2.05) is 0 Å². The van der Waals surface area contributed by atoms with E-state index in [1.165, 1.54) is 30.7 Å². The molecule has 1 amide bonds. The second kappa shape index (κ2) is 6.58. The summed E-state index contributed by atoms with van der Waals surface area (Å²) >= 11 is 0. The molecule has 1 aromatic carbocycles. The highest BCUT2D eigenvalue weighted by molar-refractivity contribution is 5.91. The SMILES string of the molecule is O=C(NCCCc1ccc(F)cc1)c1cnccn1. The minimum atomic E-state index is -0.236. The van der Waals surface area contributed by atoms with E-state index < -0.39 is 0 Å². The van der Waals surface area contributed by atoms with Crippen LogP contribution in [0.5, 0.6) is 0 Å². The third-order valence-corrected chi connectivity index (χ3v) is 2.64. The average Bonchev–Trinajstić information content (AvgIpc) is 2.46. The highest BCUT2D eigenvalue weighted by Gasteiger charge is 2.05. The van der Waals surface area contributed by atoms with Crippen molar-refractivity contribution < 1.29 is 9.18 Å². The van der Waals surface area contributed by atoms with E-state index in [0.717, 1.165) is 18.4 Å². The molecule has 0 aliphatic carbocycles. The van der Waals surface area contributed by atoms with Crippen LogP contribution in [-0.2, 0) is 6.42 Å². The Labute approximate surface area is 110 Å². The first-order chi connectivity index (χ1) is 9.25. The van der Waals surface area contributed by atoms with Crippen molar-refractivity contribution in [1.29, 1.82) is 0 Å². The van der Waals surface area contributed by atoms with Gasteiger partial charge in [-0.3, -0.25) is 9.78 Å². The van der Waals surface area contributed by atoms with Crippen LogP contribution in [0.2, 0.25) is 0 Å².